The summed E-state index contributed by atoms with van der Waals surface area (Å²) in [5.74, 6) is 0.255. The van der Waals surface area contributed by atoms with Gasteiger partial charge in [0.1, 0.15) is 0 Å². The fourth-order valence-corrected chi connectivity index (χ4v) is 3.46. The topological polar surface area (TPSA) is 35.6 Å². The number of nitrogens with zero attached hydrogens (tertiary/aromatic N) is 2. The summed E-state index contributed by atoms with van der Waals surface area (Å²) in [6.07, 6.45) is 4.68. The summed E-state index contributed by atoms with van der Waals surface area (Å²) in [5, 5.41) is 3.33. The highest BCUT2D eigenvalue weighted by Crippen LogP contribution is 2.40. The summed E-state index contributed by atoms with van der Waals surface area (Å²) >= 11 is 0. The number of amides is 1. The zero-order valence-electron chi connectivity index (χ0n) is 11.7. The van der Waals surface area contributed by atoms with E-state index in [9.17, 15) is 4.79 Å². The number of benzene rings is 1. The first-order chi connectivity index (χ1) is 9.84. The lowest BCUT2D eigenvalue weighted by Crippen LogP contribution is -2.50. The van der Waals surface area contributed by atoms with Gasteiger partial charge in [-0.1, -0.05) is 12.1 Å². The van der Waals surface area contributed by atoms with Gasteiger partial charge in [-0.15, -0.1) is 0 Å². The van der Waals surface area contributed by atoms with Crippen LogP contribution in [0.5, 0.6) is 0 Å². The lowest BCUT2D eigenvalue weighted by molar-refractivity contribution is -0.120. The number of para-hydroxylation sites is 2. The third kappa shape index (κ3) is 1.99. The van der Waals surface area contributed by atoms with E-state index in [4.69, 9.17) is 0 Å². The number of anilines is 2. The molecule has 0 bridgehead atoms. The molecule has 1 saturated heterocycles. The first-order valence-electron chi connectivity index (χ1n) is 7.75. The Balaban J connectivity index is 1.64. The molecule has 0 aromatic heterocycles. The molecule has 1 unspecified atom stereocenters. The predicted molar refractivity (Wildman–Crippen MR) is 80.2 cm³/mol. The normalized spacial score (nSPS) is 25.7. The van der Waals surface area contributed by atoms with Crippen molar-refractivity contribution in [2.75, 3.05) is 29.4 Å². The van der Waals surface area contributed by atoms with E-state index < -0.39 is 0 Å². The number of carbonyl (C=O) groups is 1. The van der Waals surface area contributed by atoms with Crippen molar-refractivity contribution in [3.8, 4) is 0 Å². The molecule has 3 aliphatic rings. The second-order valence-corrected chi connectivity index (χ2v) is 6.05. The Morgan fingerprint density at radius 1 is 1.10 bits per heavy atom. The predicted octanol–water partition coefficient (Wildman–Crippen LogP) is 1.75. The highest BCUT2D eigenvalue weighted by atomic mass is 16.2. The lowest BCUT2D eigenvalue weighted by atomic mass is 10.1. The van der Waals surface area contributed by atoms with E-state index in [1.165, 1.54) is 18.5 Å². The first-order valence-corrected chi connectivity index (χ1v) is 7.75. The molecule has 106 valence electrons. The number of rotatable bonds is 2. The van der Waals surface area contributed by atoms with Crippen LogP contribution in [0.15, 0.2) is 24.3 Å². The van der Waals surface area contributed by atoms with E-state index >= 15 is 0 Å². The maximum Gasteiger partial charge on any atom is 0.244 e. The van der Waals surface area contributed by atoms with Gasteiger partial charge in [0.2, 0.25) is 5.91 Å². The first kappa shape index (κ1) is 12.2. The Morgan fingerprint density at radius 2 is 1.90 bits per heavy atom. The van der Waals surface area contributed by atoms with Gasteiger partial charge in [-0.3, -0.25) is 4.79 Å². The molecule has 1 aliphatic carbocycles. The molecule has 1 saturated carbocycles. The molecule has 2 heterocycles. The molecule has 20 heavy (non-hydrogen) atoms. The fourth-order valence-electron chi connectivity index (χ4n) is 3.46. The molecule has 2 fully saturated rings. The van der Waals surface area contributed by atoms with E-state index in [1.807, 2.05) is 11.0 Å². The second kappa shape index (κ2) is 4.77. The third-order valence-corrected chi connectivity index (χ3v) is 4.66. The van der Waals surface area contributed by atoms with Crippen molar-refractivity contribution < 1.29 is 4.79 Å². The molecule has 4 rings (SSSR count). The van der Waals surface area contributed by atoms with Crippen LogP contribution < -0.4 is 15.1 Å². The van der Waals surface area contributed by atoms with Crippen molar-refractivity contribution >= 4 is 17.3 Å². The Kier molecular flexibility index (Phi) is 2.91. The van der Waals surface area contributed by atoms with Gasteiger partial charge in [-0.25, -0.2) is 0 Å². The number of hydrogen-bond donors (Lipinski definition) is 1. The van der Waals surface area contributed by atoms with Crippen LogP contribution in [0.25, 0.3) is 0 Å². The molecule has 1 atom stereocenters. The minimum Gasteiger partial charge on any atom is -0.365 e. The zero-order valence-corrected chi connectivity index (χ0v) is 11.7. The third-order valence-electron chi connectivity index (χ3n) is 4.66. The van der Waals surface area contributed by atoms with Crippen LogP contribution in [0, 0.1) is 0 Å². The Hall–Kier alpha value is -1.55. The number of fused-ring (bicyclic) bond motifs is 1. The van der Waals surface area contributed by atoms with Gasteiger partial charge in [0.15, 0.2) is 0 Å². The summed E-state index contributed by atoms with van der Waals surface area (Å²) < 4.78 is 0. The van der Waals surface area contributed by atoms with Crippen molar-refractivity contribution in [2.45, 2.75) is 37.8 Å². The van der Waals surface area contributed by atoms with Gasteiger partial charge in [0, 0.05) is 19.1 Å². The van der Waals surface area contributed by atoms with Crippen LogP contribution in [0.1, 0.15) is 25.7 Å². The summed E-state index contributed by atoms with van der Waals surface area (Å²) in [6.45, 7) is 2.77. The average Bonchev–Trinajstić information content (AvgIpc) is 3.19. The van der Waals surface area contributed by atoms with Crippen LogP contribution in [0.3, 0.4) is 0 Å². The largest absolute Gasteiger partial charge is 0.365 e. The molecule has 1 amide bonds. The SMILES string of the molecule is O=C(C1CCCN1)N1CCN(C2CC2)c2ccccc21. The molecule has 4 heteroatoms. The lowest BCUT2D eigenvalue weighted by Gasteiger charge is -2.38. The van der Waals surface area contributed by atoms with E-state index in [1.54, 1.807) is 0 Å². The van der Waals surface area contributed by atoms with E-state index in [-0.39, 0.29) is 11.9 Å². The maximum atomic E-state index is 12.7. The molecular formula is C16H21N3O. The summed E-state index contributed by atoms with van der Waals surface area (Å²) in [7, 11) is 0. The number of nitrogens with one attached hydrogen (secondary N) is 1. The van der Waals surface area contributed by atoms with E-state index in [2.05, 4.69) is 28.4 Å². The number of hydrogen-bond acceptors (Lipinski definition) is 3. The molecule has 1 aromatic carbocycles. The second-order valence-electron chi connectivity index (χ2n) is 6.05. The Morgan fingerprint density at radius 3 is 2.60 bits per heavy atom. The fraction of sp³-hybridized carbons (Fsp3) is 0.562. The highest BCUT2D eigenvalue weighted by molar-refractivity contribution is 6.01. The standard InChI is InChI=1S/C16H21N3O/c20-16(13-4-3-9-17-13)19-11-10-18(12-7-8-12)14-5-1-2-6-15(14)19/h1-2,5-6,12-13,17H,3-4,7-11H2. The van der Waals surface area contributed by atoms with Gasteiger partial charge >= 0.3 is 0 Å². The van der Waals surface area contributed by atoms with Gasteiger partial charge in [-0.2, -0.15) is 0 Å². The van der Waals surface area contributed by atoms with Gasteiger partial charge in [0.25, 0.3) is 0 Å². The minimum absolute atomic E-state index is 0.0236. The van der Waals surface area contributed by atoms with Crippen molar-refractivity contribution in [3.05, 3.63) is 24.3 Å². The van der Waals surface area contributed by atoms with Crippen LogP contribution in [-0.4, -0.2) is 37.6 Å². The monoisotopic (exact) mass is 271 g/mol. The van der Waals surface area contributed by atoms with Crippen LogP contribution in [-0.2, 0) is 4.79 Å². The average molecular weight is 271 g/mol. The van der Waals surface area contributed by atoms with Crippen LogP contribution in [0.2, 0.25) is 0 Å². The van der Waals surface area contributed by atoms with Crippen molar-refractivity contribution in [1.82, 2.24) is 5.32 Å². The van der Waals surface area contributed by atoms with Crippen LogP contribution in [0.4, 0.5) is 11.4 Å². The van der Waals surface area contributed by atoms with Gasteiger partial charge in [0.05, 0.1) is 17.4 Å². The maximum absolute atomic E-state index is 12.7. The summed E-state index contributed by atoms with van der Waals surface area (Å²) in [5.41, 5.74) is 2.34. The Bertz CT molecular complexity index is 520. The van der Waals surface area contributed by atoms with Crippen molar-refractivity contribution in [3.63, 3.8) is 0 Å². The molecule has 0 spiro atoms. The molecule has 4 nitrogen and oxygen atoms in total. The molecule has 1 N–H and O–H groups in total. The zero-order chi connectivity index (χ0) is 13.5. The van der Waals surface area contributed by atoms with Crippen molar-refractivity contribution in [2.24, 2.45) is 0 Å². The summed E-state index contributed by atoms with van der Waals surface area (Å²) in [4.78, 5) is 17.2. The van der Waals surface area contributed by atoms with E-state index in [0.717, 1.165) is 38.2 Å². The Labute approximate surface area is 119 Å². The number of carbonyl (C=O) groups excluding carboxylic acids is 1. The van der Waals surface area contributed by atoms with Crippen molar-refractivity contribution in [1.29, 1.82) is 0 Å². The molecule has 1 aromatic rings. The molecular weight excluding hydrogens is 250 g/mol. The van der Waals surface area contributed by atoms with E-state index in [0.29, 0.717) is 6.04 Å². The van der Waals surface area contributed by atoms with Gasteiger partial charge < -0.3 is 15.1 Å². The highest BCUT2D eigenvalue weighted by Gasteiger charge is 2.37. The molecule has 0 radical (unpaired) electrons. The summed E-state index contributed by atoms with van der Waals surface area (Å²) in [6, 6.07) is 9.10. The minimum atomic E-state index is 0.0236. The van der Waals surface area contributed by atoms with Gasteiger partial charge in [-0.05, 0) is 44.4 Å². The van der Waals surface area contributed by atoms with Crippen LogP contribution >= 0.6 is 0 Å². The quantitative estimate of drug-likeness (QED) is 0.890. The smallest absolute Gasteiger partial charge is 0.244 e. The molecule has 2 aliphatic heterocycles.